The molecule has 8 heteroatoms. The van der Waals surface area contributed by atoms with Crippen molar-refractivity contribution in [2.24, 2.45) is 5.92 Å². The van der Waals surface area contributed by atoms with Crippen molar-refractivity contribution in [2.75, 3.05) is 12.4 Å². The predicted molar refractivity (Wildman–Crippen MR) is 108 cm³/mol. The second-order valence-corrected chi connectivity index (χ2v) is 9.32. The molecule has 0 spiro atoms. The number of aliphatic hydroxyl groups is 1. The Kier molecular flexibility index (Phi) is 6.66. The number of aliphatic hydroxyl groups excluding tert-OH is 1. The Morgan fingerprint density at radius 1 is 1.14 bits per heavy atom. The second kappa shape index (κ2) is 9.02. The van der Waals surface area contributed by atoms with E-state index in [4.69, 9.17) is 0 Å². The zero-order valence-corrected chi connectivity index (χ0v) is 17.0. The van der Waals surface area contributed by atoms with E-state index in [1.54, 1.807) is 0 Å². The van der Waals surface area contributed by atoms with E-state index >= 15 is 0 Å². The Morgan fingerprint density at radius 2 is 1.79 bits per heavy atom. The molecule has 1 unspecified atom stereocenters. The fourth-order valence-electron chi connectivity index (χ4n) is 3.57. The molecule has 3 rings (SSSR count). The summed E-state index contributed by atoms with van der Waals surface area (Å²) in [6.45, 7) is 0. The van der Waals surface area contributed by atoms with Gasteiger partial charge in [0.05, 0.1) is 4.90 Å². The molecule has 1 saturated carbocycles. The van der Waals surface area contributed by atoms with Gasteiger partial charge in [-0.05, 0) is 61.2 Å². The number of carbonyl (C=O) groups excluding carboxylic acids is 1. The molecule has 0 bridgehead atoms. The number of halogens is 1. The zero-order valence-electron chi connectivity index (χ0n) is 16.2. The number of hydrogen-bond donors (Lipinski definition) is 2. The molecular formula is C21H25FN2O4S. The van der Waals surface area contributed by atoms with Crippen molar-refractivity contribution in [1.82, 2.24) is 4.31 Å². The van der Waals surface area contributed by atoms with Gasteiger partial charge in [0.25, 0.3) is 5.91 Å². The second-order valence-electron chi connectivity index (χ2n) is 7.32. The molecule has 6 nitrogen and oxygen atoms in total. The predicted octanol–water partition coefficient (Wildman–Crippen LogP) is 3.60. The number of nitrogens with zero attached hydrogens (tertiary/aromatic N) is 1. The average molecular weight is 421 g/mol. The number of benzene rings is 2. The van der Waals surface area contributed by atoms with E-state index in [1.807, 2.05) is 0 Å². The van der Waals surface area contributed by atoms with Gasteiger partial charge in [0.15, 0.2) is 0 Å². The molecule has 1 aliphatic rings. The van der Waals surface area contributed by atoms with Gasteiger partial charge in [0.1, 0.15) is 12.0 Å². The maximum atomic E-state index is 13.0. The van der Waals surface area contributed by atoms with Gasteiger partial charge in [-0.2, -0.15) is 4.31 Å². The molecule has 0 saturated heterocycles. The van der Waals surface area contributed by atoms with Gasteiger partial charge in [0, 0.05) is 18.3 Å². The van der Waals surface area contributed by atoms with Crippen molar-refractivity contribution in [3.63, 3.8) is 0 Å². The van der Waals surface area contributed by atoms with Crippen molar-refractivity contribution >= 4 is 21.6 Å². The van der Waals surface area contributed by atoms with E-state index in [1.165, 1.54) is 55.6 Å². The molecule has 0 aromatic heterocycles. The molecule has 2 aromatic carbocycles. The highest BCUT2D eigenvalue weighted by Crippen LogP contribution is 2.30. The summed E-state index contributed by atoms with van der Waals surface area (Å²) in [5.41, 5.74) is 0.547. The van der Waals surface area contributed by atoms with E-state index in [2.05, 4.69) is 5.32 Å². The number of carbonyl (C=O) groups is 1. The summed E-state index contributed by atoms with van der Waals surface area (Å²) in [6.07, 6.45) is 3.55. The Balaban J connectivity index is 1.77. The van der Waals surface area contributed by atoms with Gasteiger partial charge in [-0.1, -0.05) is 25.3 Å². The highest BCUT2D eigenvalue weighted by molar-refractivity contribution is 7.89. The first kappa shape index (κ1) is 21.4. The van der Waals surface area contributed by atoms with Gasteiger partial charge < -0.3 is 10.4 Å². The minimum atomic E-state index is -3.97. The molecule has 0 aliphatic heterocycles. The summed E-state index contributed by atoms with van der Waals surface area (Å²) in [7, 11) is -2.61. The lowest BCUT2D eigenvalue weighted by molar-refractivity contribution is 0.00765. The Morgan fingerprint density at radius 3 is 2.45 bits per heavy atom. The van der Waals surface area contributed by atoms with E-state index in [-0.39, 0.29) is 16.4 Å². The van der Waals surface area contributed by atoms with Gasteiger partial charge in [-0.25, -0.2) is 12.8 Å². The van der Waals surface area contributed by atoms with Crippen LogP contribution in [0.25, 0.3) is 0 Å². The van der Waals surface area contributed by atoms with Crippen molar-refractivity contribution in [1.29, 1.82) is 0 Å². The van der Waals surface area contributed by atoms with Crippen LogP contribution in [0.2, 0.25) is 0 Å². The Bertz CT molecular complexity index is 957. The first-order chi connectivity index (χ1) is 13.8. The number of nitrogens with one attached hydrogen (secondary N) is 1. The lowest BCUT2D eigenvalue weighted by atomic mass is 9.88. The molecule has 1 aliphatic carbocycles. The number of sulfonamides is 1. The topological polar surface area (TPSA) is 86.7 Å². The molecule has 0 heterocycles. The third kappa shape index (κ3) is 5.01. The summed E-state index contributed by atoms with van der Waals surface area (Å²) in [4.78, 5) is 12.4. The van der Waals surface area contributed by atoms with Crippen LogP contribution in [-0.2, 0) is 10.0 Å². The molecule has 29 heavy (non-hydrogen) atoms. The molecular weight excluding hydrogens is 395 g/mol. The lowest BCUT2D eigenvalue weighted by Gasteiger charge is -2.32. The SMILES string of the molecule is CN(C(O)C1CCCCC1)S(=O)(=O)c1cccc(C(=O)Nc2ccc(F)cc2)c1. The third-order valence-corrected chi connectivity index (χ3v) is 7.14. The minimum Gasteiger partial charge on any atom is -0.377 e. The zero-order chi connectivity index (χ0) is 21.0. The van der Waals surface area contributed by atoms with Crippen molar-refractivity contribution < 1.29 is 22.7 Å². The molecule has 2 aromatic rings. The molecule has 2 N–H and O–H groups in total. The fourth-order valence-corrected chi connectivity index (χ4v) is 4.89. The van der Waals surface area contributed by atoms with E-state index in [9.17, 15) is 22.7 Å². The van der Waals surface area contributed by atoms with Crippen LogP contribution in [0.15, 0.2) is 53.4 Å². The molecule has 1 amide bonds. The smallest absolute Gasteiger partial charge is 0.255 e. The Hall–Kier alpha value is -2.29. The maximum Gasteiger partial charge on any atom is 0.255 e. The van der Waals surface area contributed by atoms with Crippen LogP contribution >= 0.6 is 0 Å². The van der Waals surface area contributed by atoms with Gasteiger partial charge in [0.2, 0.25) is 10.0 Å². The molecule has 1 fully saturated rings. The Labute approximate surface area is 170 Å². The van der Waals surface area contributed by atoms with Crippen LogP contribution < -0.4 is 5.32 Å². The third-order valence-electron chi connectivity index (χ3n) is 5.32. The highest BCUT2D eigenvalue weighted by Gasteiger charge is 2.33. The van der Waals surface area contributed by atoms with E-state index < -0.39 is 28.0 Å². The minimum absolute atomic E-state index is 0.0679. The molecule has 0 radical (unpaired) electrons. The van der Waals surface area contributed by atoms with Crippen LogP contribution in [0.4, 0.5) is 10.1 Å². The normalized spacial score (nSPS) is 16.6. The van der Waals surface area contributed by atoms with Crippen LogP contribution in [0.1, 0.15) is 42.5 Å². The quantitative estimate of drug-likeness (QED) is 0.699. The summed E-state index contributed by atoms with van der Waals surface area (Å²) < 4.78 is 39.9. The van der Waals surface area contributed by atoms with Crippen molar-refractivity contribution in [3.8, 4) is 0 Å². The number of rotatable bonds is 6. The number of hydrogen-bond acceptors (Lipinski definition) is 4. The van der Waals surface area contributed by atoms with Crippen molar-refractivity contribution in [2.45, 2.75) is 43.2 Å². The standard InChI is InChI=1S/C21H25FN2O4S/c1-24(21(26)15-6-3-2-4-7-15)29(27,28)19-9-5-8-16(14-19)20(25)23-18-12-10-17(22)11-13-18/h5,8-15,21,26H,2-4,6-7H2,1H3,(H,23,25). The van der Waals surface area contributed by atoms with Crippen LogP contribution in [0.3, 0.4) is 0 Å². The van der Waals surface area contributed by atoms with Gasteiger partial charge >= 0.3 is 0 Å². The monoisotopic (exact) mass is 420 g/mol. The van der Waals surface area contributed by atoms with Crippen LogP contribution in [0.5, 0.6) is 0 Å². The van der Waals surface area contributed by atoms with Gasteiger partial charge in [-0.15, -0.1) is 0 Å². The lowest BCUT2D eigenvalue weighted by Crippen LogP contribution is -2.42. The summed E-state index contributed by atoms with van der Waals surface area (Å²) in [5.74, 6) is -1.02. The van der Waals surface area contributed by atoms with E-state index in [0.29, 0.717) is 5.69 Å². The van der Waals surface area contributed by atoms with Crippen molar-refractivity contribution in [3.05, 3.63) is 59.9 Å². The van der Waals surface area contributed by atoms with Crippen LogP contribution in [-0.4, -0.2) is 37.0 Å². The average Bonchev–Trinajstić information content (AvgIpc) is 2.75. The number of amides is 1. The largest absolute Gasteiger partial charge is 0.377 e. The molecule has 1 atom stereocenters. The fraction of sp³-hybridized carbons (Fsp3) is 0.381. The molecule has 156 valence electrons. The first-order valence-electron chi connectivity index (χ1n) is 9.62. The van der Waals surface area contributed by atoms with E-state index in [0.717, 1.165) is 36.4 Å². The summed E-state index contributed by atoms with van der Waals surface area (Å²) >= 11 is 0. The van der Waals surface area contributed by atoms with Gasteiger partial charge in [-0.3, -0.25) is 4.79 Å². The number of anilines is 1. The summed E-state index contributed by atoms with van der Waals surface area (Å²) in [5, 5.41) is 13.2. The highest BCUT2D eigenvalue weighted by atomic mass is 32.2. The first-order valence-corrected chi connectivity index (χ1v) is 11.1. The maximum absolute atomic E-state index is 13.0. The summed E-state index contributed by atoms with van der Waals surface area (Å²) in [6, 6.07) is 10.9. The van der Waals surface area contributed by atoms with Crippen LogP contribution in [0, 0.1) is 11.7 Å².